The number of hydrogen-bond acceptors (Lipinski definition) is 0. The monoisotopic (exact) mass is 304 g/mol. The van der Waals surface area contributed by atoms with Crippen LogP contribution < -0.4 is 0 Å². The molecule has 0 saturated carbocycles. The van der Waals surface area contributed by atoms with E-state index in [1.54, 1.807) is 0 Å². The number of benzene rings is 1. The summed E-state index contributed by atoms with van der Waals surface area (Å²) in [4.78, 5) is 0. The second-order valence-electron chi connectivity index (χ2n) is 1.78. The van der Waals surface area contributed by atoms with Crippen molar-refractivity contribution in [1.82, 2.24) is 0 Å². The van der Waals surface area contributed by atoms with E-state index in [1.807, 2.05) is 0 Å². The standard InChI is InChI=1S/C6HBr2ClF2/c7-2-1-3(10)4(8)6(11)5(2)9/h1H. The minimum absolute atomic E-state index is 0.127. The van der Waals surface area contributed by atoms with Crippen LogP contribution in [0.5, 0.6) is 0 Å². The molecule has 0 spiro atoms. The molecule has 0 saturated heterocycles. The summed E-state index contributed by atoms with van der Waals surface area (Å²) in [6, 6.07) is 1.09. The normalized spacial score (nSPS) is 10.3. The van der Waals surface area contributed by atoms with Gasteiger partial charge < -0.3 is 0 Å². The van der Waals surface area contributed by atoms with Gasteiger partial charge in [0.1, 0.15) is 5.82 Å². The quantitative estimate of drug-likeness (QED) is 0.499. The van der Waals surface area contributed by atoms with E-state index >= 15 is 0 Å². The van der Waals surface area contributed by atoms with Crippen molar-refractivity contribution in [2.24, 2.45) is 0 Å². The third-order valence-electron chi connectivity index (χ3n) is 1.06. The molecule has 0 aliphatic carbocycles. The Labute approximate surface area is 83.8 Å². The summed E-state index contributed by atoms with van der Waals surface area (Å²) >= 11 is 11.0. The lowest BCUT2D eigenvalue weighted by Gasteiger charge is -2.00. The van der Waals surface area contributed by atoms with Gasteiger partial charge >= 0.3 is 0 Å². The van der Waals surface area contributed by atoms with E-state index in [2.05, 4.69) is 31.9 Å². The summed E-state index contributed by atoms with van der Waals surface area (Å²) < 4.78 is 25.4. The molecule has 0 aliphatic rings. The molecule has 0 atom stereocenters. The van der Waals surface area contributed by atoms with E-state index in [0.717, 1.165) is 6.07 Å². The SMILES string of the molecule is Fc1cc(Br)c(Cl)c(F)c1Br. The van der Waals surface area contributed by atoms with Crippen LogP contribution in [0, 0.1) is 11.6 Å². The van der Waals surface area contributed by atoms with Gasteiger partial charge in [0.2, 0.25) is 0 Å². The van der Waals surface area contributed by atoms with Crippen molar-refractivity contribution in [2.45, 2.75) is 0 Å². The number of halogens is 5. The van der Waals surface area contributed by atoms with Crippen LogP contribution in [0.15, 0.2) is 15.0 Å². The summed E-state index contributed by atoms with van der Waals surface area (Å²) in [6.07, 6.45) is 0. The third kappa shape index (κ3) is 1.73. The number of rotatable bonds is 0. The molecule has 0 unspecified atom stereocenters. The van der Waals surface area contributed by atoms with Gasteiger partial charge in [-0.25, -0.2) is 8.78 Å². The van der Waals surface area contributed by atoms with Crippen molar-refractivity contribution in [1.29, 1.82) is 0 Å². The predicted octanol–water partition coefficient (Wildman–Crippen LogP) is 4.14. The zero-order valence-corrected chi connectivity index (χ0v) is 8.90. The maximum Gasteiger partial charge on any atom is 0.160 e. The maximum absolute atomic E-state index is 12.8. The topological polar surface area (TPSA) is 0 Å². The molecule has 0 amide bonds. The Kier molecular flexibility index (Phi) is 2.89. The largest absolute Gasteiger partial charge is 0.206 e. The van der Waals surface area contributed by atoms with Crippen LogP contribution in [0.1, 0.15) is 0 Å². The van der Waals surface area contributed by atoms with Gasteiger partial charge in [-0.1, -0.05) is 11.6 Å². The molecule has 0 aliphatic heterocycles. The molecule has 1 rings (SSSR count). The van der Waals surface area contributed by atoms with Crippen molar-refractivity contribution in [3.8, 4) is 0 Å². The van der Waals surface area contributed by atoms with Crippen LogP contribution in [-0.2, 0) is 0 Å². The molecule has 0 fully saturated rings. The van der Waals surface area contributed by atoms with Gasteiger partial charge in [0.25, 0.3) is 0 Å². The van der Waals surface area contributed by atoms with Gasteiger partial charge in [0.15, 0.2) is 5.82 Å². The molecule has 0 aromatic heterocycles. The van der Waals surface area contributed by atoms with Gasteiger partial charge in [0.05, 0.1) is 9.50 Å². The first-order valence-corrected chi connectivity index (χ1v) is 4.49. The zero-order chi connectivity index (χ0) is 8.59. The second kappa shape index (κ2) is 3.37. The molecular formula is C6HBr2ClF2. The molecule has 0 heterocycles. The summed E-state index contributed by atoms with van der Waals surface area (Å²) in [5.41, 5.74) is 0. The van der Waals surface area contributed by atoms with Gasteiger partial charge in [0, 0.05) is 4.47 Å². The fraction of sp³-hybridized carbons (Fsp3) is 0. The third-order valence-corrected chi connectivity index (χ3v) is 3.01. The van der Waals surface area contributed by atoms with Gasteiger partial charge in [-0.05, 0) is 37.9 Å². The molecule has 60 valence electrons. The Morgan fingerprint density at radius 2 is 1.82 bits per heavy atom. The van der Waals surface area contributed by atoms with E-state index in [4.69, 9.17) is 11.6 Å². The van der Waals surface area contributed by atoms with E-state index in [0.29, 0.717) is 0 Å². The van der Waals surface area contributed by atoms with E-state index < -0.39 is 11.6 Å². The van der Waals surface area contributed by atoms with E-state index in [9.17, 15) is 8.78 Å². The highest BCUT2D eigenvalue weighted by molar-refractivity contribution is 9.11. The molecule has 1 aromatic carbocycles. The van der Waals surface area contributed by atoms with Crippen LogP contribution >= 0.6 is 43.5 Å². The highest BCUT2D eigenvalue weighted by atomic mass is 79.9. The van der Waals surface area contributed by atoms with Crippen molar-refractivity contribution in [2.75, 3.05) is 0 Å². The molecule has 0 nitrogen and oxygen atoms in total. The van der Waals surface area contributed by atoms with Crippen molar-refractivity contribution >= 4 is 43.5 Å². The first kappa shape index (κ1) is 9.42. The Morgan fingerprint density at radius 3 is 2.36 bits per heavy atom. The molecular weight excluding hydrogens is 305 g/mol. The Morgan fingerprint density at radius 1 is 1.27 bits per heavy atom. The fourth-order valence-electron chi connectivity index (χ4n) is 0.544. The molecule has 11 heavy (non-hydrogen) atoms. The van der Waals surface area contributed by atoms with Crippen LogP contribution in [0.2, 0.25) is 5.02 Å². The lowest BCUT2D eigenvalue weighted by Crippen LogP contribution is -1.86. The minimum Gasteiger partial charge on any atom is -0.206 e. The van der Waals surface area contributed by atoms with Crippen LogP contribution in [0.4, 0.5) is 8.78 Å². The van der Waals surface area contributed by atoms with Crippen molar-refractivity contribution < 1.29 is 8.78 Å². The minimum atomic E-state index is -0.793. The fourth-order valence-corrected chi connectivity index (χ4v) is 1.49. The lowest BCUT2D eigenvalue weighted by molar-refractivity contribution is 0.570. The van der Waals surface area contributed by atoms with Crippen molar-refractivity contribution in [3.05, 3.63) is 31.7 Å². The van der Waals surface area contributed by atoms with Gasteiger partial charge in [-0.15, -0.1) is 0 Å². The van der Waals surface area contributed by atoms with Gasteiger partial charge in [-0.2, -0.15) is 0 Å². The molecule has 5 heteroatoms. The smallest absolute Gasteiger partial charge is 0.160 e. The van der Waals surface area contributed by atoms with Crippen LogP contribution in [-0.4, -0.2) is 0 Å². The lowest BCUT2D eigenvalue weighted by atomic mass is 10.3. The number of hydrogen-bond donors (Lipinski definition) is 0. The second-order valence-corrected chi connectivity index (χ2v) is 3.81. The average Bonchev–Trinajstić information content (AvgIpc) is 1.97. The average molecular weight is 306 g/mol. The summed E-state index contributed by atoms with van der Waals surface area (Å²) in [7, 11) is 0. The highest BCUT2D eigenvalue weighted by Gasteiger charge is 2.13. The molecule has 0 radical (unpaired) electrons. The predicted molar refractivity (Wildman–Crippen MR) is 46.8 cm³/mol. The van der Waals surface area contributed by atoms with Crippen LogP contribution in [0.3, 0.4) is 0 Å². The first-order valence-electron chi connectivity index (χ1n) is 2.52. The Bertz CT molecular complexity index is 275. The van der Waals surface area contributed by atoms with E-state index in [-0.39, 0.29) is 14.0 Å². The first-order chi connectivity index (χ1) is 5.04. The Balaban J connectivity index is 3.46. The molecule has 0 N–H and O–H groups in total. The van der Waals surface area contributed by atoms with Crippen molar-refractivity contribution in [3.63, 3.8) is 0 Å². The zero-order valence-electron chi connectivity index (χ0n) is 4.97. The van der Waals surface area contributed by atoms with Gasteiger partial charge in [-0.3, -0.25) is 0 Å². The highest BCUT2D eigenvalue weighted by Crippen LogP contribution is 2.32. The molecule has 0 bridgehead atoms. The Hall–Kier alpha value is 0.330. The maximum atomic E-state index is 12.8. The summed E-state index contributed by atoms with van der Waals surface area (Å²) in [5, 5.41) is -0.127. The van der Waals surface area contributed by atoms with E-state index in [1.165, 1.54) is 0 Å². The summed E-state index contributed by atoms with van der Waals surface area (Å²) in [5.74, 6) is -1.47. The molecule has 1 aromatic rings. The summed E-state index contributed by atoms with van der Waals surface area (Å²) in [6.45, 7) is 0. The van der Waals surface area contributed by atoms with Crippen LogP contribution in [0.25, 0.3) is 0 Å².